The van der Waals surface area contributed by atoms with Gasteiger partial charge in [0, 0.05) is 26.2 Å². The zero-order valence-electron chi connectivity index (χ0n) is 11.5. The molecule has 0 bridgehead atoms. The molecule has 1 atom stereocenters. The van der Waals surface area contributed by atoms with Crippen LogP contribution in [0.1, 0.15) is 18.4 Å². The first-order valence-corrected chi connectivity index (χ1v) is 7.26. The summed E-state index contributed by atoms with van der Waals surface area (Å²) in [6, 6.07) is 10.1. The lowest BCUT2D eigenvalue weighted by Crippen LogP contribution is -2.39. The Labute approximate surface area is 119 Å². The van der Waals surface area contributed by atoms with Gasteiger partial charge in [0.1, 0.15) is 6.10 Å². The van der Waals surface area contributed by atoms with E-state index >= 15 is 0 Å². The summed E-state index contributed by atoms with van der Waals surface area (Å²) in [5.74, 6) is 0. The van der Waals surface area contributed by atoms with Crippen LogP contribution in [0.5, 0.6) is 0 Å². The SMILES string of the molecule is O=C(OC1CNCC=C1c1ccccc1)N1CCCC1. The van der Waals surface area contributed by atoms with Gasteiger partial charge in [0.25, 0.3) is 0 Å². The van der Waals surface area contributed by atoms with Crippen LogP contribution in [0.3, 0.4) is 0 Å². The Morgan fingerprint density at radius 3 is 2.70 bits per heavy atom. The van der Waals surface area contributed by atoms with Crippen LogP contribution >= 0.6 is 0 Å². The van der Waals surface area contributed by atoms with Gasteiger partial charge in [-0.1, -0.05) is 36.4 Å². The molecule has 20 heavy (non-hydrogen) atoms. The Hall–Kier alpha value is -1.81. The van der Waals surface area contributed by atoms with Crippen molar-refractivity contribution in [3.05, 3.63) is 42.0 Å². The fourth-order valence-corrected chi connectivity index (χ4v) is 2.77. The molecule has 3 rings (SSSR count). The van der Waals surface area contributed by atoms with Crippen molar-refractivity contribution in [1.29, 1.82) is 0 Å². The van der Waals surface area contributed by atoms with Crippen molar-refractivity contribution in [3.8, 4) is 0 Å². The maximum absolute atomic E-state index is 12.1. The van der Waals surface area contributed by atoms with Crippen molar-refractivity contribution in [2.24, 2.45) is 0 Å². The Morgan fingerprint density at radius 2 is 1.95 bits per heavy atom. The Kier molecular flexibility index (Phi) is 4.02. The number of benzene rings is 1. The summed E-state index contributed by atoms with van der Waals surface area (Å²) < 4.78 is 5.70. The van der Waals surface area contributed by atoms with Crippen LogP contribution in [0.15, 0.2) is 36.4 Å². The third kappa shape index (κ3) is 2.85. The topological polar surface area (TPSA) is 41.6 Å². The number of nitrogens with zero attached hydrogens (tertiary/aromatic N) is 1. The van der Waals surface area contributed by atoms with Gasteiger partial charge in [-0.2, -0.15) is 0 Å². The highest BCUT2D eigenvalue weighted by atomic mass is 16.6. The van der Waals surface area contributed by atoms with Crippen molar-refractivity contribution in [2.45, 2.75) is 18.9 Å². The maximum atomic E-state index is 12.1. The zero-order chi connectivity index (χ0) is 13.8. The summed E-state index contributed by atoms with van der Waals surface area (Å²) in [5.41, 5.74) is 2.24. The highest BCUT2D eigenvalue weighted by Crippen LogP contribution is 2.23. The molecule has 1 fully saturated rings. The van der Waals surface area contributed by atoms with Crippen molar-refractivity contribution >= 4 is 11.7 Å². The minimum absolute atomic E-state index is 0.182. The predicted molar refractivity (Wildman–Crippen MR) is 78.4 cm³/mol. The van der Waals surface area contributed by atoms with Gasteiger partial charge in [-0.3, -0.25) is 0 Å². The summed E-state index contributed by atoms with van der Waals surface area (Å²) in [6.45, 7) is 3.15. The van der Waals surface area contributed by atoms with Crippen LogP contribution in [0.4, 0.5) is 4.79 Å². The molecule has 2 heterocycles. The molecule has 1 unspecified atom stereocenters. The Bertz CT molecular complexity index is 492. The van der Waals surface area contributed by atoms with Gasteiger partial charge >= 0.3 is 6.09 Å². The van der Waals surface area contributed by atoms with Gasteiger partial charge in [0.2, 0.25) is 0 Å². The fourth-order valence-electron chi connectivity index (χ4n) is 2.77. The summed E-state index contributed by atoms with van der Waals surface area (Å²) in [7, 11) is 0. The largest absolute Gasteiger partial charge is 0.440 e. The zero-order valence-corrected chi connectivity index (χ0v) is 11.5. The van der Waals surface area contributed by atoms with E-state index in [1.807, 2.05) is 18.2 Å². The number of hydrogen-bond acceptors (Lipinski definition) is 3. The molecule has 1 aromatic rings. The first-order chi connectivity index (χ1) is 9.84. The maximum Gasteiger partial charge on any atom is 0.410 e. The van der Waals surface area contributed by atoms with Gasteiger partial charge in [0.15, 0.2) is 0 Å². The number of hydrogen-bond donors (Lipinski definition) is 1. The number of amides is 1. The molecule has 1 aromatic carbocycles. The number of nitrogens with one attached hydrogen (secondary N) is 1. The summed E-state index contributed by atoms with van der Waals surface area (Å²) >= 11 is 0. The van der Waals surface area contributed by atoms with Crippen LogP contribution in [-0.2, 0) is 4.74 Å². The molecule has 0 aliphatic carbocycles. The minimum Gasteiger partial charge on any atom is -0.440 e. The number of carbonyl (C=O) groups is 1. The molecule has 1 amide bonds. The van der Waals surface area contributed by atoms with Crippen LogP contribution in [0, 0.1) is 0 Å². The van der Waals surface area contributed by atoms with Crippen LogP contribution in [-0.4, -0.2) is 43.3 Å². The molecule has 0 radical (unpaired) electrons. The van der Waals surface area contributed by atoms with Gasteiger partial charge in [-0.05, 0) is 24.0 Å². The van der Waals surface area contributed by atoms with Crippen molar-refractivity contribution in [1.82, 2.24) is 10.2 Å². The summed E-state index contributed by atoms with van der Waals surface area (Å²) in [4.78, 5) is 13.9. The number of carbonyl (C=O) groups excluding carboxylic acids is 1. The average molecular weight is 272 g/mol. The number of likely N-dealkylation sites (tertiary alicyclic amines) is 1. The van der Waals surface area contributed by atoms with Crippen molar-refractivity contribution < 1.29 is 9.53 Å². The van der Waals surface area contributed by atoms with Crippen LogP contribution < -0.4 is 5.32 Å². The molecule has 0 spiro atoms. The molecule has 0 aromatic heterocycles. The van der Waals surface area contributed by atoms with Gasteiger partial charge in [-0.15, -0.1) is 0 Å². The summed E-state index contributed by atoms with van der Waals surface area (Å²) in [5, 5.41) is 3.26. The van der Waals surface area contributed by atoms with E-state index in [2.05, 4.69) is 23.5 Å². The third-order valence-corrected chi connectivity index (χ3v) is 3.86. The molecule has 4 heteroatoms. The molecule has 2 aliphatic rings. The molecule has 106 valence electrons. The highest BCUT2D eigenvalue weighted by Gasteiger charge is 2.26. The second-order valence-corrected chi connectivity index (χ2v) is 5.25. The molecule has 1 saturated heterocycles. The first kappa shape index (κ1) is 13.2. The predicted octanol–water partition coefficient (Wildman–Crippen LogP) is 2.27. The van der Waals surface area contributed by atoms with E-state index in [4.69, 9.17) is 4.74 Å². The monoisotopic (exact) mass is 272 g/mol. The first-order valence-electron chi connectivity index (χ1n) is 7.26. The van der Waals surface area contributed by atoms with Gasteiger partial charge < -0.3 is 15.0 Å². The van der Waals surface area contributed by atoms with E-state index in [-0.39, 0.29) is 12.2 Å². The second-order valence-electron chi connectivity index (χ2n) is 5.25. The molecule has 1 N–H and O–H groups in total. The van der Waals surface area contributed by atoms with E-state index < -0.39 is 0 Å². The van der Waals surface area contributed by atoms with E-state index in [1.54, 1.807) is 4.90 Å². The second kappa shape index (κ2) is 6.09. The van der Waals surface area contributed by atoms with E-state index in [9.17, 15) is 4.79 Å². The Balaban J connectivity index is 1.72. The van der Waals surface area contributed by atoms with Crippen LogP contribution in [0.25, 0.3) is 5.57 Å². The highest BCUT2D eigenvalue weighted by molar-refractivity contribution is 5.75. The van der Waals surface area contributed by atoms with Crippen molar-refractivity contribution in [2.75, 3.05) is 26.2 Å². The number of rotatable bonds is 2. The average Bonchev–Trinajstić information content (AvgIpc) is 3.03. The summed E-state index contributed by atoms with van der Waals surface area (Å²) in [6.07, 6.45) is 3.90. The van der Waals surface area contributed by atoms with Crippen LogP contribution in [0.2, 0.25) is 0 Å². The van der Waals surface area contributed by atoms with E-state index in [0.29, 0.717) is 6.54 Å². The molecular formula is C16H20N2O2. The van der Waals surface area contributed by atoms with Crippen molar-refractivity contribution in [3.63, 3.8) is 0 Å². The normalized spacial score (nSPS) is 22.5. The number of ether oxygens (including phenoxy) is 1. The third-order valence-electron chi connectivity index (χ3n) is 3.86. The molecule has 4 nitrogen and oxygen atoms in total. The van der Waals surface area contributed by atoms with Gasteiger partial charge in [-0.25, -0.2) is 4.79 Å². The van der Waals surface area contributed by atoms with Gasteiger partial charge in [0.05, 0.1) is 0 Å². The van der Waals surface area contributed by atoms with E-state index in [1.165, 1.54) is 0 Å². The standard InChI is InChI=1S/C16H20N2O2/c19-16(18-10-4-5-11-18)20-15-12-17-9-8-14(15)13-6-2-1-3-7-13/h1-3,6-8,15,17H,4-5,9-12H2. The molecule has 2 aliphatic heterocycles. The minimum atomic E-state index is -0.195. The fraction of sp³-hybridized carbons (Fsp3) is 0.438. The molecular weight excluding hydrogens is 252 g/mol. The lowest BCUT2D eigenvalue weighted by Gasteiger charge is -2.27. The Morgan fingerprint density at radius 1 is 1.20 bits per heavy atom. The quantitative estimate of drug-likeness (QED) is 0.898. The smallest absolute Gasteiger partial charge is 0.410 e. The lowest BCUT2D eigenvalue weighted by atomic mass is 9.98. The molecule has 0 saturated carbocycles. The van der Waals surface area contributed by atoms with E-state index in [0.717, 1.165) is 43.6 Å². The lowest BCUT2D eigenvalue weighted by molar-refractivity contribution is 0.0892.